The van der Waals surface area contributed by atoms with Crippen molar-refractivity contribution in [3.8, 4) is 5.69 Å². The van der Waals surface area contributed by atoms with Gasteiger partial charge in [-0.3, -0.25) is 4.79 Å². The summed E-state index contributed by atoms with van der Waals surface area (Å²) in [5.74, 6) is -0.293. The Morgan fingerprint density at radius 2 is 1.76 bits per heavy atom. The van der Waals surface area contributed by atoms with Crippen molar-refractivity contribution >= 4 is 21.6 Å². The van der Waals surface area contributed by atoms with Gasteiger partial charge in [0.15, 0.2) is 0 Å². The third-order valence-corrected chi connectivity index (χ3v) is 8.12. The number of hydrogen-bond donors (Lipinski definition) is 1. The van der Waals surface area contributed by atoms with Crippen LogP contribution in [0.1, 0.15) is 42.6 Å². The topological polar surface area (TPSA) is 100 Å². The lowest BCUT2D eigenvalue weighted by molar-refractivity contribution is 0.0951. The summed E-state index contributed by atoms with van der Waals surface area (Å²) in [6.45, 7) is 6.39. The van der Waals surface area contributed by atoms with Crippen LogP contribution in [0.3, 0.4) is 0 Å². The summed E-state index contributed by atoms with van der Waals surface area (Å²) in [5, 5.41) is 7.07. The minimum atomic E-state index is -3.67. The van der Waals surface area contributed by atoms with E-state index in [1.54, 1.807) is 37.0 Å². The van der Waals surface area contributed by atoms with Crippen molar-refractivity contribution in [3.05, 3.63) is 66.2 Å². The highest BCUT2D eigenvalue weighted by atomic mass is 32.2. The zero-order valence-electron chi connectivity index (χ0n) is 19.5. The van der Waals surface area contributed by atoms with Gasteiger partial charge in [-0.05, 0) is 48.7 Å². The van der Waals surface area contributed by atoms with Crippen LogP contribution >= 0.6 is 0 Å². The monoisotopic (exact) mass is 482 g/mol. The molecular weight excluding hydrogens is 452 g/mol. The van der Waals surface area contributed by atoms with Crippen LogP contribution in [0.5, 0.6) is 0 Å². The van der Waals surface area contributed by atoms with Gasteiger partial charge in [-0.15, -0.1) is 0 Å². The molecule has 0 unspecified atom stereocenters. The molecule has 0 radical (unpaired) electrons. The fourth-order valence-electron chi connectivity index (χ4n) is 4.19. The fourth-order valence-corrected chi connectivity index (χ4v) is 5.67. The van der Waals surface area contributed by atoms with E-state index in [1.807, 2.05) is 24.3 Å². The van der Waals surface area contributed by atoms with Crippen LogP contribution in [0, 0.1) is 0 Å². The lowest BCUT2D eigenvalue weighted by Gasteiger charge is -2.23. The molecule has 0 atom stereocenters. The van der Waals surface area contributed by atoms with E-state index < -0.39 is 10.0 Å². The molecule has 0 saturated carbocycles. The Bertz CT molecular complexity index is 1220. The van der Waals surface area contributed by atoms with Crippen LogP contribution in [0.15, 0.2) is 60.0 Å². The first-order valence-corrected chi connectivity index (χ1v) is 13.0. The first kappa shape index (κ1) is 23.9. The summed E-state index contributed by atoms with van der Waals surface area (Å²) in [6.07, 6.45) is 5.20. The van der Waals surface area contributed by atoms with Crippen molar-refractivity contribution in [2.45, 2.75) is 38.1 Å². The molecule has 1 amide bonds. The number of carbonyl (C=O) groups is 1. The van der Waals surface area contributed by atoms with Gasteiger partial charge in [0.1, 0.15) is 12.7 Å². The Morgan fingerprint density at radius 3 is 2.38 bits per heavy atom. The number of benzene rings is 2. The molecule has 0 spiro atoms. The van der Waals surface area contributed by atoms with E-state index in [4.69, 9.17) is 0 Å². The highest BCUT2D eigenvalue weighted by molar-refractivity contribution is 7.89. The fraction of sp³-hybridized carbons (Fsp3) is 0.375. The minimum absolute atomic E-state index is 0.140. The Balaban J connectivity index is 1.57. The van der Waals surface area contributed by atoms with Gasteiger partial charge in [0.2, 0.25) is 10.0 Å². The Morgan fingerprint density at radius 1 is 1.06 bits per heavy atom. The summed E-state index contributed by atoms with van der Waals surface area (Å²) in [5.41, 5.74) is 2.95. The van der Waals surface area contributed by atoms with Gasteiger partial charge in [0.25, 0.3) is 5.91 Å². The highest BCUT2D eigenvalue weighted by Gasteiger charge is 2.26. The molecule has 0 aliphatic carbocycles. The summed E-state index contributed by atoms with van der Waals surface area (Å²) >= 11 is 0. The Kier molecular flexibility index (Phi) is 7.28. The molecule has 2 heterocycles. The number of carbonyl (C=O) groups excluding carboxylic acids is 1. The smallest absolute Gasteiger partial charge is 0.253 e. The third kappa shape index (κ3) is 4.97. The van der Waals surface area contributed by atoms with Crippen LogP contribution in [0.2, 0.25) is 0 Å². The molecule has 1 saturated heterocycles. The second kappa shape index (κ2) is 10.4. The van der Waals surface area contributed by atoms with Gasteiger partial charge in [-0.1, -0.05) is 26.0 Å². The zero-order chi connectivity index (χ0) is 24.1. The summed E-state index contributed by atoms with van der Waals surface area (Å²) in [4.78, 5) is 19.5. The SMILES string of the molecule is CCN(CC)S(=O)(=O)c1ccc(N2CCCC2)c(C(=O)NCc2ccc(-n3cncn3)cc2)c1. The normalized spacial score (nSPS) is 14.0. The number of amides is 1. The van der Waals surface area contributed by atoms with Crippen molar-refractivity contribution in [2.24, 2.45) is 0 Å². The van der Waals surface area contributed by atoms with E-state index in [-0.39, 0.29) is 10.8 Å². The average molecular weight is 483 g/mol. The van der Waals surface area contributed by atoms with Crippen LogP contribution in [-0.4, -0.2) is 59.6 Å². The number of aromatic nitrogens is 3. The van der Waals surface area contributed by atoms with Gasteiger partial charge in [-0.2, -0.15) is 9.40 Å². The minimum Gasteiger partial charge on any atom is -0.371 e. The lowest BCUT2D eigenvalue weighted by Crippen LogP contribution is -2.32. The van der Waals surface area contributed by atoms with Crippen molar-refractivity contribution < 1.29 is 13.2 Å². The van der Waals surface area contributed by atoms with E-state index in [9.17, 15) is 13.2 Å². The Hall–Kier alpha value is -3.24. The van der Waals surface area contributed by atoms with E-state index in [2.05, 4.69) is 20.3 Å². The van der Waals surface area contributed by atoms with Crippen molar-refractivity contribution in [1.82, 2.24) is 24.4 Å². The molecule has 180 valence electrons. The number of nitrogens with one attached hydrogen (secondary N) is 1. The predicted octanol–water partition coefficient (Wildman–Crippen LogP) is 2.83. The van der Waals surface area contributed by atoms with Crippen LogP contribution in [0.25, 0.3) is 5.69 Å². The van der Waals surface area contributed by atoms with Gasteiger partial charge in [-0.25, -0.2) is 18.1 Å². The molecule has 1 aliphatic rings. The van der Waals surface area contributed by atoms with Gasteiger partial charge < -0.3 is 10.2 Å². The van der Waals surface area contributed by atoms with Gasteiger partial charge in [0.05, 0.1) is 16.1 Å². The molecule has 1 N–H and O–H groups in total. The van der Waals surface area contributed by atoms with Crippen LogP contribution in [0.4, 0.5) is 5.69 Å². The molecule has 1 aromatic heterocycles. The van der Waals surface area contributed by atoms with Crippen molar-refractivity contribution in [3.63, 3.8) is 0 Å². The molecule has 1 fully saturated rings. The third-order valence-electron chi connectivity index (χ3n) is 6.08. The maximum atomic E-state index is 13.3. The van der Waals surface area contributed by atoms with Crippen molar-refractivity contribution in [1.29, 1.82) is 0 Å². The number of hydrogen-bond acceptors (Lipinski definition) is 6. The lowest BCUT2D eigenvalue weighted by atomic mass is 10.1. The highest BCUT2D eigenvalue weighted by Crippen LogP contribution is 2.28. The maximum absolute atomic E-state index is 13.3. The Labute approximate surface area is 200 Å². The number of nitrogens with zero attached hydrogens (tertiary/aromatic N) is 5. The molecular formula is C24H30N6O3S. The zero-order valence-corrected chi connectivity index (χ0v) is 20.3. The molecule has 1 aliphatic heterocycles. The van der Waals surface area contributed by atoms with Crippen LogP contribution in [-0.2, 0) is 16.6 Å². The van der Waals surface area contributed by atoms with Crippen molar-refractivity contribution in [2.75, 3.05) is 31.1 Å². The number of anilines is 1. The van der Waals surface area contributed by atoms with E-state index in [0.717, 1.165) is 42.9 Å². The summed E-state index contributed by atoms with van der Waals surface area (Å²) in [6, 6.07) is 12.5. The summed E-state index contributed by atoms with van der Waals surface area (Å²) < 4.78 is 29.2. The molecule has 34 heavy (non-hydrogen) atoms. The molecule has 2 aromatic carbocycles. The molecule has 10 heteroatoms. The second-order valence-electron chi connectivity index (χ2n) is 8.15. The first-order chi connectivity index (χ1) is 16.4. The van der Waals surface area contributed by atoms with Gasteiger partial charge in [0, 0.05) is 38.4 Å². The molecule has 0 bridgehead atoms. The van der Waals surface area contributed by atoms with E-state index >= 15 is 0 Å². The average Bonchev–Trinajstić information content (AvgIpc) is 3.58. The standard InChI is InChI=1S/C24H30N6O3S/c1-3-29(4-2)34(32,33)21-11-12-23(28-13-5-6-14-28)22(15-21)24(31)26-16-19-7-9-20(10-8-19)30-18-25-17-27-30/h7-12,15,17-18H,3-6,13-14,16H2,1-2H3,(H,26,31). The molecule has 4 rings (SSSR count). The number of sulfonamides is 1. The van der Waals surface area contributed by atoms with E-state index in [1.165, 1.54) is 16.7 Å². The predicted molar refractivity (Wildman–Crippen MR) is 131 cm³/mol. The van der Waals surface area contributed by atoms with Gasteiger partial charge >= 0.3 is 0 Å². The molecule has 9 nitrogen and oxygen atoms in total. The largest absolute Gasteiger partial charge is 0.371 e. The second-order valence-corrected chi connectivity index (χ2v) is 10.1. The molecule has 3 aromatic rings. The summed E-state index contributed by atoms with van der Waals surface area (Å²) in [7, 11) is -3.67. The number of rotatable bonds is 9. The van der Waals surface area contributed by atoms with E-state index in [0.29, 0.717) is 25.2 Å². The quantitative estimate of drug-likeness (QED) is 0.503. The maximum Gasteiger partial charge on any atom is 0.253 e. The van der Waals surface area contributed by atoms with Crippen LogP contribution < -0.4 is 10.2 Å². The first-order valence-electron chi connectivity index (χ1n) is 11.5.